The van der Waals surface area contributed by atoms with Crippen molar-refractivity contribution in [2.45, 2.75) is 69.5 Å². The van der Waals surface area contributed by atoms with Gasteiger partial charge >= 0.3 is 0 Å². The molecule has 0 radical (unpaired) electrons. The molecule has 3 heterocycles. The standard InChI is InChI=1S/C26H34ClN5O2S/c1-15(2)32-11-10-22-23(14-32)35-26(31(22)3)25(34)30-20-7-5-4-6-19(20)29-24(33)21-13-16-12-17(27)8-9-18(16)28-21/h8-9,12-13,15,19-20,26,28H,4-7,10-11,14H2,1-3H3,(H,29,33)(H,30,34)/t19-,20+,26?/m0/s1. The van der Waals surface area contributed by atoms with E-state index >= 15 is 0 Å². The molecule has 0 spiro atoms. The second-order valence-corrected chi connectivity index (χ2v) is 11.8. The van der Waals surface area contributed by atoms with Crippen molar-refractivity contribution in [3.8, 4) is 0 Å². The second kappa shape index (κ2) is 10.1. The first-order valence-corrected chi connectivity index (χ1v) is 13.8. The summed E-state index contributed by atoms with van der Waals surface area (Å²) in [5, 5.41) is 7.77. The summed E-state index contributed by atoms with van der Waals surface area (Å²) >= 11 is 7.78. The van der Waals surface area contributed by atoms with Gasteiger partial charge in [-0.25, -0.2) is 0 Å². The van der Waals surface area contributed by atoms with Crippen molar-refractivity contribution in [2.24, 2.45) is 0 Å². The molecule has 1 saturated carbocycles. The molecule has 3 aliphatic rings. The van der Waals surface area contributed by atoms with Crippen molar-refractivity contribution in [1.29, 1.82) is 0 Å². The Kier molecular flexibility index (Phi) is 7.06. The maximum absolute atomic E-state index is 13.4. The van der Waals surface area contributed by atoms with Crippen LogP contribution in [-0.4, -0.2) is 70.2 Å². The minimum atomic E-state index is -0.246. The minimum Gasteiger partial charge on any atom is -0.357 e. The summed E-state index contributed by atoms with van der Waals surface area (Å²) in [7, 11) is 2.03. The van der Waals surface area contributed by atoms with Crippen LogP contribution in [0.2, 0.25) is 5.02 Å². The van der Waals surface area contributed by atoms with Crippen LogP contribution >= 0.6 is 23.4 Å². The van der Waals surface area contributed by atoms with Crippen LogP contribution in [-0.2, 0) is 4.79 Å². The van der Waals surface area contributed by atoms with Crippen LogP contribution in [0.3, 0.4) is 0 Å². The molecule has 3 atom stereocenters. The number of nitrogens with one attached hydrogen (secondary N) is 3. The van der Waals surface area contributed by atoms with E-state index in [4.69, 9.17) is 11.6 Å². The number of amides is 2. The van der Waals surface area contributed by atoms with Gasteiger partial charge in [0, 0.05) is 71.2 Å². The van der Waals surface area contributed by atoms with Crippen LogP contribution in [0.15, 0.2) is 34.9 Å². The molecule has 1 fully saturated rings. The van der Waals surface area contributed by atoms with Gasteiger partial charge in [0.25, 0.3) is 11.8 Å². The maximum Gasteiger partial charge on any atom is 0.268 e. The van der Waals surface area contributed by atoms with E-state index in [1.165, 1.54) is 10.6 Å². The van der Waals surface area contributed by atoms with Crippen LogP contribution in [0.1, 0.15) is 56.4 Å². The Labute approximate surface area is 216 Å². The topological polar surface area (TPSA) is 80.5 Å². The van der Waals surface area contributed by atoms with E-state index in [2.05, 4.69) is 39.3 Å². The SMILES string of the molecule is CC(C)N1CCC2=C(C1)SC(C(=O)N[C@@H]1CCCC[C@@H]1NC(=O)c1cc3cc(Cl)ccc3[nH]1)N2C. The van der Waals surface area contributed by atoms with Crippen molar-refractivity contribution in [2.75, 3.05) is 20.1 Å². The third-order valence-electron chi connectivity index (χ3n) is 7.53. The number of hydrogen-bond donors (Lipinski definition) is 3. The highest BCUT2D eigenvalue weighted by molar-refractivity contribution is 8.04. The molecule has 2 aliphatic heterocycles. The van der Waals surface area contributed by atoms with E-state index < -0.39 is 0 Å². The molecule has 3 N–H and O–H groups in total. The summed E-state index contributed by atoms with van der Waals surface area (Å²) in [6.07, 6.45) is 4.80. The van der Waals surface area contributed by atoms with E-state index in [-0.39, 0.29) is 29.3 Å². The normalized spacial score (nSPS) is 25.3. The average molecular weight is 516 g/mol. The molecule has 35 heavy (non-hydrogen) atoms. The number of benzene rings is 1. The van der Waals surface area contributed by atoms with Crippen LogP contribution in [0.4, 0.5) is 0 Å². The van der Waals surface area contributed by atoms with Gasteiger partial charge in [-0.2, -0.15) is 0 Å². The van der Waals surface area contributed by atoms with E-state index in [0.29, 0.717) is 16.8 Å². The van der Waals surface area contributed by atoms with Crippen LogP contribution in [0, 0.1) is 0 Å². The lowest BCUT2D eigenvalue weighted by atomic mass is 9.90. The molecule has 7 nitrogen and oxygen atoms in total. The molecule has 0 saturated heterocycles. The molecule has 0 bridgehead atoms. The Morgan fingerprint density at radius 1 is 1.14 bits per heavy atom. The number of rotatable bonds is 5. The zero-order valence-corrected chi connectivity index (χ0v) is 22.1. The van der Waals surface area contributed by atoms with Gasteiger partial charge < -0.3 is 20.5 Å². The molecular formula is C26H34ClN5O2S. The summed E-state index contributed by atoms with van der Waals surface area (Å²) in [5.41, 5.74) is 2.69. The number of carbonyl (C=O) groups excluding carboxylic acids is 2. The van der Waals surface area contributed by atoms with Crippen LogP contribution in [0.5, 0.6) is 0 Å². The Morgan fingerprint density at radius 3 is 2.63 bits per heavy atom. The number of thioether (sulfide) groups is 1. The average Bonchev–Trinajstić information content (AvgIpc) is 3.40. The van der Waals surface area contributed by atoms with E-state index in [9.17, 15) is 9.59 Å². The third-order valence-corrected chi connectivity index (χ3v) is 9.17. The van der Waals surface area contributed by atoms with E-state index in [1.54, 1.807) is 17.8 Å². The summed E-state index contributed by atoms with van der Waals surface area (Å²) < 4.78 is 0. The molecule has 5 rings (SSSR count). The zero-order valence-electron chi connectivity index (χ0n) is 20.6. The van der Waals surface area contributed by atoms with Gasteiger partial charge in [-0.15, -0.1) is 0 Å². The van der Waals surface area contributed by atoms with Crippen molar-refractivity contribution < 1.29 is 9.59 Å². The Hall–Kier alpha value is -2.16. The number of hydrogen-bond acceptors (Lipinski definition) is 5. The van der Waals surface area contributed by atoms with Gasteiger partial charge in [-0.1, -0.05) is 36.2 Å². The molecule has 9 heteroatoms. The fourth-order valence-electron chi connectivity index (χ4n) is 5.45. The highest BCUT2D eigenvalue weighted by Crippen LogP contribution is 2.41. The fraction of sp³-hybridized carbons (Fsp3) is 0.538. The first-order chi connectivity index (χ1) is 16.8. The second-order valence-electron chi connectivity index (χ2n) is 10.2. The molecule has 1 aromatic heterocycles. The smallest absolute Gasteiger partial charge is 0.268 e. The van der Waals surface area contributed by atoms with Gasteiger partial charge in [0.1, 0.15) is 5.69 Å². The quantitative estimate of drug-likeness (QED) is 0.553. The van der Waals surface area contributed by atoms with E-state index in [1.807, 2.05) is 25.2 Å². The van der Waals surface area contributed by atoms with Gasteiger partial charge in [0.05, 0.1) is 0 Å². The number of fused-ring (bicyclic) bond motifs is 1. The molecule has 1 unspecified atom stereocenters. The summed E-state index contributed by atoms with van der Waals surface area (Å²) in [6, 6.07) is 7.69. The van der Waals surface area contributed by atoms with Crippen molar-refractivity contribution >= 4 is 46.1 Å². The number of H-pyrrole nitrogens is 1. The van der Waals surface area contributed by atoms with Crippen LogP contribution in [0.25, 0.3) is 10.9 Å². The lowest BCUT2D eigenvalue weighted by molar-refractivity contribution is -0.123. The minimum absolute atomic E-state index is 0.0365. The largest absolute Gasteiger partial charge is 0.357 e. The Balaban J connectivity index is 1.23. The molecule has 2 aromatic rings. The van der Waals surface area contributed by atoms with Gasteiger partial charge in [-0.3, -0.25) is 14.5 Å². The zero-order chi connectivity index (χ0) is 24.7. The Morgan fingerprint density at radius 2 is 1.89 bits per heavy atom. The number of nitrogens with zero attached hydrogens (tertiary/aromatic N) is 2. The molecule has 1 aromatic carbocycles. The summed E-state index contributed by atoms with van der Waals surface area (Å²) in [5.74, 6) is -0.115. The molecule has 188 valence electrons. The monoisotopic (exact) mass is 515 g/mol. The lowest BCUT2D eigenvalue weighted by Crippen LogP contribution is -2.55. The third kappa shape index (κ3) is 5.06. The summed E-state index contributed by atoms with van der Waals surface area (Å²) in [6.45, 7) is 6.40. The first-order valence-electron chi connectivity index (χ1n) is 12.5. The highest BCUT2D eigenvalue weighted by Gasteiger charge is 2.39. The first kappa shape index (κ1) is 24.5. The lowest BCUT2D eigenvalue weighted by Gasteiger charge is -2.34. The summed E-state index contributed by atoms with van der Waals surface area (Å²) in [4.78, 5) is 35.6. The predicted octanol–water partition coefficient (Wildman–Crippen LogP) is 4.31. The maximum atomic E-state index is 13.4. The fourth-order valence-corrected chi connectivity index (χ4v) is 6.98. The highest BCUT2D eigenvalue weighted by atomic mass is 35.5. The Bertz CT molecular complexity index is 1160. The molecule has 1 aliphatic carbocycles. The number of carbonyl (C=O) groups is 2. The number of likely N-dealkylation sites (N-methyl/N-ethyl adjacent to an activating group) is 1. The van der Waals surface area contributed by atoms with Gasteiger partial charge in [0.2, 0.25) is 0 Å². The molecule has 2 amide bonds. The van der Waals surface area contributed by atoms with Gasteiger partial charge in [0.15, 0.2) is 5.37 Å². The van der Waals surface area contributed by atoms with Crippen LogP contribution < -0.4 is 10.6 Å². The predicted molar refractivity (Wildman–Crippen MR) is 142 cm³/mol. The number of halogens is 1. The van der Waals surface area contributed by atoms with E-state index in [0.717, 1.165) is 56.1 Å². The van der Waals surface area contributed by atoms with Crippen molar-refractivity contribution in [3.63, 3.8) is 0 Å². The number of aromatic amines is 1. The van der Waals surface area contributed by atoms with Crippen molar-refractivity contribution in [1.82, 2.24) is 25.4 Å². The van der Waals surface area contributed by atoms with Gasteiger partial charge in [-0.05, 0) is 51.0 Å². The van der Waals surface area contributed by atoms with Crippen molar-refractivity contribution in [3.05, 3.63) is 45.6 Å². The molecular weight excluding hydrogens is 482 g/mol. The number of aromatic nitrogens is 1.